The van der Waals surface area contributed by atoms with E-state index < -0.39 is 0 Å². The maximum atomic E-state index is 4.24. The maximum absolute atomic E-state index is 4.24. The Hall–Kier alpha value is -1.09. The van der Waals surface area contributed by atoms with Crippen LogP contribution in [-0.2, 0) is 13.1 Å². The molecule has 1 aromatic rings. The molecule has 1 aromatic heterocycles. The van der Waals surface area contributed by atoms with Crippen molar-refractivity contribution in [2.45, 2.75) is 26.9 Å². The molecule has 0 aliphatic heterocycles. The van der Waals surface area contributed by atoms with Crippen molar-refractivity contribution in [2.75, 3.05) is 7.05 Å². The molecule has 3 heteroatoms. The Bertz CT molecular complexity index is 282. The predicted molar refractivity (Wildman–Crippen MR) is 54.4 cm³/mol. The standard InChI is InChI=1S/C10H17N3/c1-9(2)4-5-13-8-10(6-11-3)7-12-13/h4,7-8,11H,5-6H2,1-3H3. The molecule has 0 spiro atoms. The second kappa shape index (κ2) is 4.82. The van der Waals surface area contributed by atoms with Gasteiger partial charge in [-0.2, -0.15) is 5.10 Å². The zero-order chi connectivity index (χ0) is 9.68. The van der Waals surface area contributed by atoms with E-state index in [4.69, 9.17) is 0 Å². The van der Waals surface area contributed by atoms with Crippen LogP contribution in [-0.4, -0.2) is 16.8 Å². The van der Waals surface area contributed by atoms with Crippen LogP contribution in [0.4, 0.5) is 0 Å². The molecule has 1 rings (SSSR count). The molecule has 13 heavy (non-hydrogen) atoms. The van der Waals surface area contributed by atoms with Gasteiger partial charge in [0.2, 0.25) is 0 Å². The van der Waals surface area contributed by atoms with Crippen LogP contribution in [0, 0.1) is 0 Å². The largest absolute Gasteiger partial charge is 0.316 e. The zero-order valence-corrected chi connectivity index (χ0v) is 8.54. The molecule has 0 atom stereocenters. The predicted octanol–water partition coefficient (Wildman–Crippen LogP) is 1.57. The highest BCUT2D eigenvalue weighted by Crippen LogP contribution is 1.98. The van der Waals surface area contributed by atoms with Crippen molar-refractivity contribution in [3.05, 3.63) is 29.6 Å². The van der Waals surface area contributed by atoms with Crippen molar-refractivity contribution in [1.82, 2.24) is 15.1 Å². The van der Waals surface area contributed by atoms with Gasteiger partial charge in [0.05, 0.1) is 12.7 Å². The lowest BCUT2D eigenvalue weighted by Gasteiger charge is -1.95. The minimum atomic E-state index is 0.867. The summed E-state index contributed by atoms with van der Waals surface area (Å²) in [6, 6.07) is 0. The summed E-state index contributed by atoms with van der Waals surface area (Å²) in [5.41, 5.74) is 2.55. The molecule has 1 N–H and O–H groups in total. The molecule has 3 nitrogen and oxygen atoms in total. The molecule has 0 aliphatic rings. The van der Waals surface area contributed by atoms with E-state index in [1.165, 1.54) is 11.1 Å². The molecule has 0 unspecified atom stereocenters. The number of nitrogens with one attached hydrogen (secondary N) is 1. The van der Waals surface area contributed by atoms with Gasteiger partial charge >= 0.3 is 0 Å². The van der Waals surface area contributed by atoms with E-state index in [1.807, 2.05) is 17.9 Å². The minimum Gasteiger partial charge on any atom is -0.316 e. The van der Waals surface area contributed by atoms with Gasteiger partial charge in [-0.1, -0.05) is 11.6 Å². The lowest BCUT2D eigenvalue weighted by atomic mass is 10.3. The van der Waals surface area contributed by atoms with Gasteiger partial charge in [-0.05, 0) is 20.9 Å². The van der Waals surface area contributed by atoms with Crippen molar-refractivity contribution < 1.29 is 0 Å². The van der Waals surface area contributed by atoms with Crippen LogP contribution < -0.4 is 5.32 Å². The minimum absolute atomic E-state index is 0.867. The maximum Gasteiger partial charge on any atom is 0.0592 e. The fourth-order valence-corrected chi connectivity index (χ4v) is 1.08. The highest BCUT2D eigenvalue weighted by molar-refractivity contribution is 5.04. The summed E-state index contributed by atoms with van der Waals surface area (Å²) in [6.45, 7) is 5.94. The average Bonchev–Trinajstić information content (AvgIpc) is 2.50. The second-order valence-corrected chi connectivity index (χ2v) is 3.38. The van der Waals surface area contributed by atoms with Crippen LogP contribution in [0.5, 0.6) is 0 Å². The number of aromatic nitrogens is 2. The van der Waals surface area contributed by atoms with Crippen LogP contribution in [0.15, 0.2) is 24.0 Å². The van der Waals surface area contributed by atoms with E-state index in [0.717, 1.165) is 13.1 Å². The van der Waals surface area contributed by atoms with Gasteiger partial charge in [0.25, 0.3) is 0 Å². The normalized spacial score (nSPS) is 10.1. The van der Waals surface area contributed by atoms with E-state index in [-0.39, 0.29) is 0 Å². The molecule has 0 amide bonds. The number of hydrogen-bond acceptors (Lipinski definition) is 2. The Labute approximate surface area is 79.5 Å². The smallest absolute Gasteiger partial charge is 0.0592 e. The van der Waals surface area contributed by atoms with Gasteiger partial charge in [-0.3, -0.25) is 4.68 Å². The number of hydrogen-bond donors (Lipinski definition) is 1. The van der Waals surface area contributed by atoms with Gasteiger partial charge in [-0.25, -0.2) is 0 Å². The summed E-state index contributed by atoms with van der Waals surface area (Å²) in [5, 5.41) is 7.33. The Morgan fingerprint density at radius 1 is 1.62 bits per heavy atom. The first-order valence-corrected chi connectivity index (χ1v) is 4.51. The van der Waals surface area contributed by atoms with Crippen molar-refractivity contribution in [2.24, 2.45) is 0 Å². The molecule has 0 fully saturated rings. The van der Waals surface area contributed by atoms with Gasteiger partial charge in [0.1, 0.15) is 0 Å². The molecular formula is C10H17N3. The number of allylic oxidation sites excluding steroid dienone is 2. The first-order chi connectivity index (χ1) is 6.22. The van der Waals surface area contributed by atoms with E-state index >= 15 is 0 Å². The van der Waals surface area contributed by atoms with Crippen molar-refractivity contribution in [1.29, 1.82) is 0 Å². The third-order valence-electron chi connectivity index (χ3n) is 1.75. The monoisotopic (exact) mass is 179 g/mol. The lowest BCUT2D eigenvalue weighted by Crippen LogP contribution is -2.03. The van der Waals surface area contributed by atoms with Gasteiger partial charge < -0.3 is 5.32 Å². The molecule has 0 aliphatic carbocycles. The topological polar surface area (TPSA) is 29.9 Å². The van der Waals surface area contributed by atoms with Crippen molar-refractivity contribution in [3.63, 3.8) is 0 Å². The van der Waals surface area contributed by atoms with E-state index in [0.29, 0.717) is 0 Å². The summed E-state index contributed by atoms with van der Waals surface area (Å²) >= 11 is 0. The lowest BCUT2D eigenvalue weighted by molar-refractivity contribution is 0.697. The van der Waals surface area contributed by atoms with E-state index in [2.05, 4.69) is 36.5 Å². The summed E-state index contributed by atoms with van der Waals surface area (Å²) in [5.74, 6) is 0. The molecular weight excluding hydrogens is 162 g/mol. The summed E-state index contributed by atoms with van der Waals surface area (Å²) in [6.07, 6.45) is 6.13. The second-order valence-electron chi connectivity index (χ2n) is 3.38. The quantitative estimate of drug-likeness (QED) is 0.711. The Morgan fingerprint density at radius 2 is 2.38 bits per heavy atom. The first-order valence-electron chi connectivity index (χ1n) is 4.51. The van der Waals surface area contributed by atoms with Gasteiger partial charge in [0, 0.05) is 18.3 Å². The van der Waals surface area contributed by atoms with Crippen LogP contribution in [0.2, 0.25) is 0 Å². The van der Waals surface area contributed by atoms with Crippen LogP contribution in [0.25, 0.3) is 0 Å². The van der Waals surface area contributed by atoms with E-state index in [1.54, 1.807) is 0 Å². The Morgan fingerprint density at radius 3 is 3.00 bits per heavy atom. The Kier molecular flexibility index (Phi) is 3.71. The van der Waals surface area contributed by atoms with Crippen LogP contribution >= 0.6 is 0 Å². The van der Waals surface area contributed by atoms with Gasteiger partial charge in [-0.15, -0.1) is 0 Å². The molecule has 0 aromatic carbocycles. The Balaban J connectivity index is 2.53. The fourth-order valence-electron chi connectivity index (χ4n) is 1.08. The molecule has 72 valence electrons. The van der Waals surface area contributed by atoms with E-state index in [9.17, 15) is 0 Å². The SMILES string of the molecule is CNCc1cnn(CC=C(C)C)c1. The van der Waals surface area contributed by atoms with Gasteiger partial charge in [0.15, 0.2) is 0 Å². The third kappa shape index (κ3) is 3.42. The molecule has 0 radical (unpaired) electrons. The average molecular weight is 179 g/mol. The van der Waals surface area contributed by atoms with Crippen molar-refractivity contribution in [3.8, 4) is 0 Å². The summed E-state index contributed by atoms with van der Waals surface area (Å²) < 4.78 is 1.94. The third-order valence-corrected chi connectivity index (χ3v) is 1.75. The molecule has 1 heterocycles. The number of nitrogens with zero attached hydrogens (tertiary/aromatic N) is 2. The van der Waals surface area contributed by atoms with Crippen LogP contribution in [0.3, 0.4) is 0 Å². The summed E-state index contributed by atoms with van der Waals surface area (Å²) in [4.78, 5) is 0. The highest BCUT2D eigenvalue weighted by Gasteiger charge is 1.94. The molecule has 0 saturated heterocycles. The summed E-state index contributed by atoms with van der Waals surface area (Å²) in [7, 11) is 1.94. The zero-order valence-electron chi connectivity index (χ0n) is 8.54. The molecule has 0 saturated carbocycles. The highest BCUT2D eigenvalue weighted by atomic mass is 15.3. The number of rotatable bonds is 4. The molecule has 0 bridgehead atoms. The van der Waals surface area contributed by atoms with Crippen molar-refractivity contribution >= 4 is 0 Å². The van der Waals surface area contributed by atoms with Crippen LogP contribution in [0.1, 0.15) is 19.4 Å². The first kappa shape index (κ1) is 9.99. The fraction of sp³-hybridized carbons (Fsp3) is 0.500.